The molecule has 0 aliphatic heterocycles. The van der Waals surface area contributed by atoms with Crippen LogP contribution in [0.4, 0.5) is 4.39 Å². The summed E-state index contributed by atoms with van der Waals surface area (Å²) >= 11 is 1.87. The van der Waals surface area contributed by atoms with E-state index in [4.69, 9.17) is 0 Å². The van der Waals surface area contributed by atoms with Gasteiger partial charge in [0.25, 0.3) is 0 Å². The Morgan fingerprint density at radius 2 is 1.94 bits per heavy atom. The first-order valence-corrected chi connectivity index (χ1v) is 7.52. The number of benzene rings is 1. The fourth-order valence-electron chi connectivity index (χ4n) is 2.03. The van der Waals surface area contributed by atoms with Gasteiger partial charge >= 0.3 is 0 Å². The lowest BCUT2D eigenvalue weighted by molar-refractivity contribution is 0.465. The summed E-state index contributed by atoms with van der Waals surface area (Å²) < 4.78 is 13.3. The predicted octanol–water partition coefficient (Wildman–Crippen LogP) is 3.54. The summed E-state index contributed by atoms with van der Waals surface area (Å²) in [6.07, 6.45) is 4.33. The van der Waals surface area contributed by atoms with Crippen molar-refractivity contribution in [3.63, 3.8) is 0 Å². The van der Waals surface area contributed by atoms with E-state index in [1.807, 2.05) is 11.8 Å². The lowest BCUT2D eigenvalue weighted by atomic mass is 10.0. The molecule has 2 nitrogen and oxygen atoms in total. The third kappa shape index (κ3) is 4.18. The summed E-state index contributed by atoms with van der Waals surface area (Å²) in [5, 5.41) is 12.7. The topological polar surface area (TPSA) is 32.3 Å². The highest BCUT2D eigenvalue weighted by Gasteiger charge is 2.23. The maximum atomic E-state index is 13.1. The Bertz CT molecular complexity index is 352. The van der Waals surface area contributed by atoms with Crippen molar-refractivity contribution in [2.45, 2.75) is 38.0 Å². The van der Waals surface area contributed by atoms with Gasteiger partial charge in [-0.25, -0.2) is 4.39 Å². The Labute approximate surface area is 113 Å². The van der Waals surface area contributed by atoms with Crippen LogP contribution in [0.3, 0.4) is 0 Å². The Kier molecular flexibility index (Phi) is 5.96. The molecule has 0 bridgehead atoms. The number of rotatable bonds is 7. The van der Waals surface area contributed by atoms with E-state index >= 15 is 0 Å². The summed E-state index contributed by atoms with van der Waals surface area (Å²) in [5.41, 5.74) is 0.773. The minimum atomic E-state index is -0.395. The number of phenolic OH excluding ortho intramolecular Hbond substituents is 1. The van der Waals surface area contributed by atoms with Crippen molar-refractivity contribution in [1.82, 2.24) is 5.32 Å². The molecule has 4 heteroatoms. The van der Waals surface area contributed by atoms with Crippen molar-refractivity contribution < 1.29 is 9.50 Å². The quantitative estimate of drug-likeness (QED) is 0.795. The molecule has 1 aromatic carbocycles. The summed E-state index contributed by atoms with van der Waals surface area (Å²) in [4.78, 5) is 0. The lowest BCUT2D eigenvalue weighted by Crippen LogP contribution is -2.36. The van der Waals surface area contributed by atoms with Crippen LogP contribution in [0, 0.1) is 5.82 Å². The van der Waals surface area contributed by atoms with Crippen molar-refractivity contribution in [3.8, 4) is 5.75 Å². The number of nitrogens with one attached hydrogen (secondary N) is 1. The van der Waals surface area contributed by atoms with E-state index in [0.29, 0.717) is 6.54 Å². The Morgan fingerprint density at radius 1 is 1.28 bits per heavy atom. The second kappa shape index (κ2) is 7.00. The average Bonchev–Trinajstić information content (AvgIpc) is 2.34. The fraction of sp³-hybridized carbons (Fsp3) is 0.571. The van der Waals surface area contributed by atoms with Crippen molar-refractivity contribution in [2.75, 3.05) is 12.8 Å². The number of halogens is 1. The third-order valence-electron chi connectivity index (χ3n) is 3.44. The van der Waals surface area contributed by atoms with Gasteiger partial charge < -0.3 is 10.4 Å². The van der Waals surface area contributed by atoms with Crippen LogP contribution < -0.4 is 5.32 Å². The van der Waals surface area contributed by atoms with Gasteiger partial charge in [-0.3, -0.25) is 0 Å². The van der Waals surface area contributed by atoms with Crippen LogP contribution in [0.15, 0.2) is 18.2 Å². The second-order valence-electron chi connectivity index (χ2n) is 4.52. The smallest absolute Gasteiger partial charge is 0.127 e. The average molecular weight is 271 g/mol. The zero-order valence-corrected chi connectivity index (χ0v) is 12.1. The van der Waals surface area contributed by atoms with Gasteiger partial charge in [0.1, 0.15) is 11.6 Å². The molecule has 2 N–H and O–H groups in total. The van der Waals surface area contributed by atoms with Crippen molar-refractivity contribution >= 4 is 11.8 Å². The molecule has 0 heterocycles. The number of aromatic hydroxyl groups is 1. The normalized spacial score (nSPS) is 11.8. The van der Waals surface area contributed by atoms with Gasteiger partial charge in [-0.15, -0.1) is 0 Å². The molecule has 0 aromatic heterocycles. The molecule has 0 saturated heterocycles. The zero-order valence-electron chi connectivity index (χ0n) is 11.3. The highest BCUT2D eigenvalue weighted by molar-refractivity contribution is 8.00. The highest BCUT2D eigenvalue weighted by Crippen LogP contribution is 2.29. The highest BCUT2D eigenvalue weighted by atomic mass is 32.2. The minimum absolute atomic E-state index is 0.0195. The van der Waals surface area contributed by atoms with Crippen LogP contribution in [0.25, 0.3) is 0 Å². The van der Waals surface area contributed by atoms with E-state index in [0.717, 1.165) is 31.0 Å². The number of phenols is 1. The molecule has 0 amide bonds. The molecule has 0 atom stereocenters. The second-order valence-corrected chi connectivity index (χ2v) is 5.79. The van der Waals surface area contributed by atoms with Crippen molar-refractivity contribution in [3.05, 3.63) is 29.6 Å². The molecule has 18 heavy (non-hydrogen) atoms. The molecular formula is C14H22FNOS. The first-order valence-electron chi connectivity index (χ1n) is 6.29. The standard InChI is InChI=1S/C14H22FNOS/c1-4-14(5-2,18-3)10-16-9-11-6-12(15)8-13(17)7-11/h6-8,16-17H,4-5,9-10H2,1-3H3. The van der Waals surface area contributed by atoms with E-state index in [1.54, 1.807) is 6.07 Å². The lowest BCUT2D eigenvalue weighted by Gasteiger charge is -2.30. The Balaban J connectivity index is 2.55. The summed E-state index contributed by atoms with van der Waals surface area (Å²) in [6.45, 7) is 5.84. The maximum absolute atomic E-state index is 13.1. The van der Waals surface area contributed by atoms with Gasteiger partial charge in [0, 0.05) is 23.9 Å². The van der Waals surface area contributed by atoms with Gasteiger partial charge in [0.2, 0.25) is 0 Å². The largest absolute Gasteiger partial charge is 0.508 e. The summed E-state index contributed by atoms with van der Waals surface area (Å²) in [7, 11) is 0. The first kappa shape index (κ1) is 15.3. The molecular weight excluding hydrogens is 249 g/mol. The van der Waals surface area contributed by atoms with E-state index < -0.39 is 5.82 Å². The predicted molar refractivity (Wildman–Crippen MR) is 76.6 cm³/mol. The van der Waals surface area contributed by atoms with Crippen LogP contribution in [-0.2, 0) is 6.54 Å². The van der Waals surface area contributed by atoms with Crippen molar-refractivity contribution in [2.24, 2.45) is 0 Å². The minimum Gasteiger partial charge on any atom is -0.508 e. The molecule has 0 aliphatic carbocycles. The Hall–Kier alpha value is -0.740. The van der Waals surface area contributed by atoms with E-state index in [1.165, 1.54) is 6.07 Å². The molecule has 102 valence electrons. The molecule has 0 aliphatic rings. The van der Waals surface area contributed by atoms with Gasteiger partial charge in [-0.2, -0.15) is 11.8 Å². The zero-order chi connectivity index (χ0) is 13.6. The fourth-order valence-corrected chi connectivity index (χ4v) is 2.85. The van der Waals surface area contributed by atoms with E-state index in [2.05, 4.69) is 25.4 Å². The van der Waals surface area contributed by atoms with E-state index in [9.17, 15) is 9.50 Å². The number of hydrogen-bond acceptors (Lipinski definition) is 3. The monoisotopic (exact) mass is 271 g/mol. The van der Waals surface area contributed by atoms with Gasteiger partial charge in [0.05, 0.1) is 0 Å². The summed E-state index contributed by atoms with van der Waals surface area (Å²) in [5.74, 6) is -0.414. The van der Waals surface area contributed by atoms with Crippen LogP contribution in [0.5, 0.6) is 5.75 Å². The molecule has 0 spiro atoms. The molecule has 1 rings (SSSR count). The van der Waals surface area contributed by atoms with Gasteiger partial charge in [-0.1, -0.05) is 13.8 Å². The van der Waals surface area contributed by atoms with Gasteiger partial charge in [0.15, 0.2) is 0 Å². The molecule has 0 fully saturated rings. The van der Waals surface area contributed by atoms with E-state index in [-0.39, 0.29) is 10.5 Å². The molecule has 0 saturated carbocycles. The van der Waals surface area contributed by atoms with Crippen LogP contribution >= 0.6 is 11.8 Å². The van der Waals surface area contributed by atoms with Crippen molar-refractivity contribution in [1.29, 1.82) is 0 Å². The van der Waals surface area contributed by atoms with Gasteiger partial charge in [-0.05, 0) is 36.8 Å². The molecule has 0 unspecified atom stereocenters. The summed E-state index contributed by atoms with van der Waals surface area (Å²) in [6, 6.07) is 4.16. The third-order valence-corrected chi connectivity index (χ3v) is 5.03. The first-order chi connectivity index (χ1) is 8.55. The SMILES string of the molecule is CCC(CC)(CNCc1cc(O)cc(F)c1)SC. The van der Waals surface area contributed by atoms with Crippen LogP contribution in [0.1, 0.15) is 32.3 Å². The van der Waals surface area contributed by atoms with Crippen LogP contribution in [0.2, 0.25) is 0 Å². The maximum Gasteiger partial charge on any atom is 0.127 e. The number of thioether (sulfide) groups is 1. The molecule has 0 radical (unpaired) electrons. The number of hydrogen-bond donors (Lipinski definition) is 2. The molecule has 1 aromatic rings. The van der Waals surface area contributed by atoms with Crippen LogP contribution in [-0.4, -0.2) is 22.7 Å². The Morgan fingerprint density at radius 3 is 2.44 bits per heavy atom.